The average Bonchev–Trinajstić information content (AvgIpc) is 3.29. The Kier molecular flexibility index (Phi) is 4.38. The smallest absolute Gasteiger partial charge is 0.267 e. The van der Waals surface area contributed by atoms with E-state index in [1.807, 2.05) is 18.4 Å². The van der Waals surface area contributed by atoms with E-state index in [0.717, 1.165) is 11.3 Å². The van der Waals surface area contributed by atoms with Gasteiger partial charge in [-0.05, 0) is 45.0 Å². The van der Waals surface area contributed by atoms with Gasteiger partial charge in [-0.3, -0.25) is 14.9 Å². The molecule has 3 heterocycles. The highest BCUT2D eigenvalue weighted by atomic mass is 32.1. The van der Waals surface area contributed by atoms with E-state index in [4.69, 9.17) is 9.47 Å². The van der Waals surface area contributed by atoms with Crippen molar-refractivity contribution in [3.63, 3.8) is 0 Å². The third-order valence-corrected chi connectivity index (χ3v) is 5.27. The van der Waals surface area contributed by atoms with Crippen molar-refractivity contribution in [3.05, 3.63) is 51.8 Å². The second-order valence-corrected chi connectivity index (χ2v) is 7.70. The molecular formula is C19H18N4O4S. The topological polar surface area (TPSA) is 95.3 Å². The van der Waals surface area contributed by atoms with Crippen molar-refractivity contribution in [2.45, 2.75) is 26.3 Å². The first kappa shape index (κ1) is 18.2. The van der Waals surface area contributed by atoms with E-state index in [0.29, 0.717) is 22.3 Å². The number of nitrogens with one attached hydrogen (secondary N) is 1. The van der Waals surface area contributed by atoms with Crippen LogP contribution in [0.15, 0.2) is 40.5 Å². The van der Waals surface area contributed by atoms with Crippen molar-refractivity contribution in [1.82, 2.24) is 14.8 Å². The summed E-state index contributed by atoms with van der Waals surface area (Å²) < 4.78 is 11.9. The summed E-state index contributed by atoms with van der Waals surface area (Å²) in [5, 5.41) is 9.51. The van der Waals surface area contributed by atoms with Gasteiger partial charge in [0, 0.05) is 17.0 Å². The van der Waals surface area contributed by atoms with E-state index >= 15 is 0 Å². The van der Waals surface area contributed by atoms with Crippen molar-refractivity contribution < 1.29 is 14.3 Å². The molecule has 1 aliphatic heterocycles. The maximum atomic E-state index is 12.8. The van der Waals surface area contributed by atoms with Crippen molar-refractivity contribution in [1.29, 1.82) is 0 Å². The fraction of sp³-hybridized carbons (Fsp3) is 0.263. The molecule has 4 rings (SSSR count). The van der Waals surface area contributed by atoms with Gasteiger partial charge in [-0.2, -0.15) is 5.10 Å². The molecular weight excluding hydrogens is 380 g/mol. The third-order valence-electron chi connectivity index (χ3n) is 4.39. The third kappa shape index (κ3) is 3.24. The minimum atomic E-state index is -1.22. The molecule has 144 valence electrons. The molecule has 1 N–H and O–H groups in total. The Labute approximate surface area is 164 Å². The zero-order valence-electron chi connectivity index (χ0n) is 15.6. The number of nitrogens with zero attached hydrogens (tertiary/aromatic N) is 3. The van der Waals surface area contributed by atoms with E-state index < -0.39 is 5.54 Å². The number of aromatic nitrogens is 3. The number of benzene rings is 1. The maximum absolute atomic E-state index is 12.8. The van der Waals surface area contributed by atoms with Crippen molar-refractivity contribution in [3.8, 4) is 22.8 Å². The Bertz CT molecular complexity index is 1120. The zero-order valence-corrected chi connectivity index (χ0v) is 16.4. The van der Waals surface area contributed by atoms with Crippen LogP contribution in [0.2, 0.25) is 0 Å². The van der Waals surface area contributed by atoms with E-state index in [9.17, 15) is 9.59 Å². The van der Waals surface area contributed by atoms with Crippen LogP contribution in [0.3, 0.4) is 0 Å². The first-order valence-corrected chi connectivity index (χ1v) is 9.47. The highest BCUT2D eigenvalue weighted by Crippen LogP contribution is 2.35. The van der Waals surface area contributed by atoms with Gasteiger partial charge in [0.25, 0.3) is 11.5 Å². The van der Waals surface area contributed by atoms with Gasteiger partial charge in [-0.15, -0.1) is 11.3 Å². The second kappa shape index (κ2) is 6.75. The Morgan fingerprint density at radius 3 is 2.75 bits per heavy atom. The SMILES string of the molecule is Cc1csc(NC(=O)C(C)(C)n2nc(-c3ccc4c(c3)OCO4)ccc2=O)n1. The van der Waals surface area contributed by atoms with Gasteiger partial charge in [-0.1, -0.05) is 0 Å². The quantitative estimate of drug-likeness (QED) is 0.726. The molecule has 1 aromatic carbocycles. The van der Waals surface area contributed by atoms with Gasteiger partial charge in [0.2, 0.25) is 6.79 Å². The second-order valence-electron chi connectivity index (χ2n) is 6.84. The Balaban J connectivity index is 1.68. The summed E-state index contributed by atoms with van der Waals surface area (Å²) in [6.45, 7) is 5.30. The first-order valence-electron chi connectivity index (χ1n) is 8.59. The predicted octanol–water partition coefficient (Wildman–Crippen LogP) is 2.78. The number of aryl methyl sites for hydroxylation is 1. The molecule has 0 aliphatic carbocycles. The number of ether oxygens (including phenoxy) is 2. The molecule has 3 aromatic rings. The monoisotopic (exact) mass is 398 g/mol. The summed E-state index contributed by atoms with van der Waals surface area (Å²) in [6.07, 6.45) is 0. The normalized spacial score (nSPS) is 12.8. The van der Waals surface area contributed by atoms with Crippen LogP contribution in [0, 0.1) is 6.92 Å². The number of thiazole rings is 1. The minimum Gasteiger partial charge on any atom is -0.454 e. The van der Waals surface area contributed by atoms with E-state index in [1.165, 1.54) is 22.1 Å². The van der Waals surface area contributed by atoms with Gasteiger partial charge in [0.1, 0.15) is 5.54 Å². The molecule has 1 amide bonds. The van der Waals surface area contributed by atoms with Crippen LogP contribution in [0.4, 0.5) is 5.13 Å². The highest BCUT2D eigenvalue weighted by molar-refractivity contribution is 7.13. The molecule has 0 unspecified atom stereocenters. The summed E-state index contributed by atoms with van der Waals surface area (Å²) in [6, 6.07) is 8.43. The maximum Gasteiger partial charge on any atom is 0.267 e. The molecule has 9 heteroatoms. The van der Waals surface area contributed by atoms with Crippen LogP contribution in [0.5, 0.6) is 11.5 Å². The molecule has 8 nitrogen and oxygen atoms in total. The van der Waals surface area contributed by atoms with Gasteiger partial charge >= 0.3 is 0 Å². The molecule has 0 radical (unpaired) electrons. The predicted molar refractivity (Wildman–Crippen MR) is 105 cm³/mol. The average molecular weight is 398 g/mol. The molecule has 1 aliphatic rings. The lowest BCUT2D eigenvalue weighted by molar-refractivity contribution is -0.123. The fourth-order valence-electron chi connectivity index (χ4n) is 2.78. The van der Waals surface area contributed by atoms with Crippen molar-refractivity contribution in [2.24, 2.45) is 0 Å². The Morgan fingerprint density at radius 1 is 1.21 bits per heavy atom. The van der Waals surface area contributed by atoms with Crippen LogP contribution in [0.1, 0.15) is 19.5 Å². The molecule has 2 aromatic heterocycles. The molecule has 0 atom stereocenters. The van der Waals surface area contributed by atoms with Crippen LogP contribution >= 0.6 is 11.3 Å². The van der Waals surface area contributed by atoms with Gasteiger partial charge < -0.3 is 9.47 Å². The van der Waals surface area contributed by atoms with Crippen LogP contribution < -0.4 is 20.3 Å². The van der Waals surface area contributed by atoms with Crippen molar-refractivity contribution in [2.75, 3.05) is 12.1 Å². The van der Waals surface area contributed by atoms with Crippen LogP contribution in [-0.2, 0) is 10.3 Å². The minimum absolute atomic E-state index is 0.176. The zero-order chi connectivity index (χ0) is 19.9. The highest BCUT2D eigenvalue weighted by Gasteiger charge is 2.33. The van der Waals surface area contributed by atoms with Gasteiger partial charge in [0.05, 0.1) is 11.4 Å². The summed E-state index contributed by atoms with van der Waals surface area (Å²) >= 11 is 1.33. The van der Waals surface area contributed by atoms with Gasteiger partial charge in [-0.25, -0.2) is 9.67 Å². The molecule has 28 heavy (non-hydrogen) atoms. The Hall–Kier alpha value is -3.20. The molecule has 0 bridgehead atoms. The number of rotatable bonds is 4. The summed E-state index contributed by atoms with van der Waals surface area (Å²) in [4.78, 5) is 29.5. The first-order chi connectivity index (χ1) is 13.3. The lowest BCUT2D eigenvalue weighted by Crippen LogP contribution is -2.47. The van der Waals surface area contributed by atoms with Gasteiger partial charge in [0.15, 0.2) is 16.6 Å². The standard InChI is InChI=1S/C19H18N4O4S/c1-11-9-28-18(20-11)21-17(25)19(2,3)23-16(24)7-5-13(22-23)12-4-6-14-15(8-12)27-10-26-14/h4-9H,10H2,1-3H3,(H,20,21,25). The number of fused-ring (bicyclic) bond motifs is 1. The summed E-state index contributed by atoms with van der Waals surface area (Å²) in [5.41, 5.74) is 0.523. The van der Waals surface area contributed by atoms with Crippen LogP contribution in [-0.4, -0.2) is 27.5 Å². The summed E-state index contributed by atoms with van der Waals surface area (Å²) in [5.74, 6) is 0.906. The number of anilines is 1. The Morgan fingerprint density at radius 2 is 2.00 bits per heavy atom. The fourth-order valence-corrected chi connectivity index (χ4v) is 3.46. The van der Waals surface area contributed by atoms with E-state index in [2.05, 4.69) is 15.4 Å². The number of hydrogen-bond donors (Lipinski definition) is 1. The number of carbonyl (C=O) groups is 1. The molecule has 0 saturated heterocycles. The lowest BCUT2D eigenvalue weighted by atomic mass is 10.0. The number of amides is 1. The molecule has 0 fully saturated rings. The number of hydrogen-bond acceptors (Lipinski definition) is 7. The van der Waals surface area contributed by atoms with Crippen LogP contribution in [0.25, 0.3) is 11.3 Å². The molecule has 0 spiro atoms. The van der Waals surface area contributed by atoms with Crippen molar-refractivity contribution >= 4 is 22.4 Å². The summed E-state index contributed by atoms with van der Waals surface area (Å²) in [7, 11) is 0. The van der Waals surface area contributed by atoms with E-state index in [1.54, 1.807) is 32.0 Å². The number of carbonyl (C=O) groups excluding carboxylic acids is 1. The lowest BCUT2D eigenvalue weighted by Gasteiger charge is -2.24. The van der Waals surface area contributed by atoms with E-state index in [-0.39, 0.29) is 18.3 Å². The largest absolute Gasteiger partial charge is 0.454 e. The molecule has 0 saturated carbocycles.